The van der Waals surface area contributed by atoms with Gasteiger partial charge in [0.15, 0.2) is 0 Å². The number of aryl methyl sites for hydroxylation is 1. The summed E-state index contributed by atoms with van der Waals surface area (Å²) in [6.07, 6.45) is 1.23. The smallest absolute Gasteiger partial charge is 0.0411 e. The molecule has 0 bridgehead atoms. The summed E-state index contributed by atoms with van der Waals surface area (Å²) in [6.45, 7) is 11.3. The highest BCUT2D eigenvalue weighted by atomic mass is 15.2. The van der Waals surface area contributed by atoms with E-state index >= 15 is 0 Å². The van der Waals surface area contributed by atoms with E-state index in [4.69, 9.17) is 0 Å². The molecule has 1 aliphatic heterocycles. The fourth-order valence-electron chi connectivity index (χ4n) is 3.54. The van der Waals surface area contributed by atoms with E-state index in [9.17, 15) is 0 Å². The third kappa shape index (κ3) is 3.34. The molecule has 1 aliphatic rings. The lowest BCUT2D eigenvalue weighted by Gasteiger charge is -2.44. The minimum Gasteiger partial charge on any atom is -0.377 e. The fraction of sp³-hybridized carbons (Fsp3) is 0.667. The maximum absolute atomic E-state index is 3.64. The van der Waals surface area contributed by atoms with Crippen molar-refractivity contribution in [2.45, 2.75) is 46.2 Å². The van der Waals surface area contributed by atoms with Crippen LogP contribution < -0.4 is 15.1 Å². The Labute approximate surface area is 130 Å². The summed E-state index contributed by atoms with van der Waals surface area (Å²) < 4.78 is 0. The summed E-state index contributed by atoms with van der Waals surface area (Å²) in [5.74, 6) is 0.669. The van der Waals surface area contributed by atoms with Crippen LogP contribution in [-0.2, 0) is 0 Å². The molecule has 1 fully saturated rings. The van der Waals surface area contributed by atoms with Crippen LogP contribution in [0.1, 0.15) is 32.8 Å². The molecule has 0 amide bonds. The summed E-state index contributed by atoms with van der Waals surface area (Å²) in [4.78, 5) is 4.78. The van der Waals surface area contributed by atoms with Gasteiger partial charge in [-0.15, -0.1) is 0 Å². The van der Waals surface area contributed by atoms with Crippen LogP contribution in [0, 0.1) is 12.8 Å². The molecule has 118 valence electrons. The van der Waals surface area contributed by atoms with Crippen LogP contribution in [0.2, 0.25) is 0 Å². The van der Waals surface area contributed by atoms with Crippen molar-refractivity contribution in [1.29, 1.82) is 0 Å². The molecule has 3 unspecified atom stereocenters. The number of nitrogens with zero attached hydrogens (tertiary/aromatic N) is 2. The second kappa shape index (κ2) is 6.69. The van der Waals surface area contributed by atoms with Gasteiger partial charge < -0.3 is 15.1 Å². The molecule has 0 radical (unpaired) electrons. The number of piperidine rings is 1. The summed E-state index contributed by atoms with van der Waals surface area (Å²) in [5.41, 5.74) is 4.02. The summed E-state index contributed by atoms with van der Waals surface area (Å²) >= 11 is 0. The first kappa shape index (κ1) is 16.2. The fourth-order valence-corrected chi connectivity index (χ4v) is 3.54. The van der Waals surface area contributed by atoms with E-state index < -0.39 is 0 Å². The van der Waals surface area contributed by atoms with Crippen molar-refractivity contribution in [2.24, 2.45) is 5.92 Å². The maximum atomic E-state index is 3.64. The third-order valence-corrected chi connectivity index (χ3v) is 5.04. The van der Waals surface area contributed by atoms with Gasteiger partial charge in [0.2, 0.25) is 0 Å². The average molecular weight is 289 g/mol. The van der Waals surface area contributed by atoms with Gasteiger partial charge in [-0.1, -0.05) is 19.9 Å². The van der Waals surface area contributed by atoms with Gasteiger partial charge in [-0.2, -0.15) is 0 Å². The van der Waals surface area contributed by atoms with E-state index in [2.05, 4.69) is 75.1 Å². The van der Waals surface area contributed by atoms with Gasteiger partial charge >= 0.3 is 0 Å². The lowest BCUT2D eigenvalue weighted by atomic mass is 9.86. The van der Waals surface area contributed by atoms with Crippen LogP contribution in [-0.4, -0.2) is 39.3 Å². The zero-order valence-electron chi connectivity index (χ0n) is 14.5. The van der Waals surface area contributed by atoms with Crippen molar-refractivity contribution in [3.63, 3.8) is 0 Å². The Bertz CT molecular complexity index is 470. The molecule has 0 aromatic heterocycles. The molecule has 1 heterocycles. The second-order valence-electron chi connectivity index (χ2n) is 6.61. The first-order valence-corrected chi connectivity index (χ1v) is 8.23. The van der Waals surface area contributed by atoms with E-state index in [0.717, 1.165) is 13.1 Å². The Kier molecular flexibility index (Phi) is 5.15. The predicted octanol–water partition coefficient (Wildman–Crippen LogP) is 3.27. The molecular formula is C18H31N3. The molecule has 1 N–H and O–H groups in total. The molecule has 1 saturated heterocycles. The van der Waals surface area contributed by atoms with Gasteiger partial charge in [0.25, 0.3) is 0 Å². The third-order valence-electron chi connectivity index (χ3n) is 5.04. The molecule has 21 heavy (non-hydrogen) atoms. The van der Waals surface area contributed by atoms with E-state index in [0.29, 0.717) is 18.0 Å². The molecule has 1 aromatic rings. The van der Waals surface area contributed by atoms with Gasteiger partial charge in [-0.05, 0) is 50.4 Å². The molecule has 0 spiro atoms. The Morgan fingerprint density at radius 3 is 2.62 bits per heavy atom. The Balaban J connectivity index is 2.21. The van der Waals surface area contributed by atoms with Gasteiger partial charge in [-0.3, -0.25) is 0 Å². The number of hydrogen-bond acceptors (Lipinski definition) is 3. The van der Waals surface area contributed by atoms with Crippen molar-refractivity contribution in [3.8, 4) is 0 Å². The largest absolute Gasteiger partial charge is 0.377 e. The van der Waals surface area contributed by atoms with Crippen molar-refractivity contribution in [2.75, 3.05) is 37.0 Å². The molecule has 0 saturated carbocycles. The molecule has 0 aliphatic carbocycles. The standard InChI is InChI=1S/C18H31N3/c1-7-19-17-10-11-21(15(4)14(17)3)16-9-8-13(2)18(12-16)20(5)6/h8-9,12,14-15,17,19H,7,10-11H2,1-6H3. The lowest BCUT2D eigenvalue weighted by Crippen LogP contribution is -2.53. The van der Waals surface area contributed by atoms with Crippen LogP contribution in [0.4, 0.5) is 11.4 Å². The number of nitrogens with one attached hydrogen (secondary N) is 1. The number of rotatable bonds is 4. The Morgan fingerprint density at radius 2 is 2.00 bits per heavy atom. The SMILES string of the molecule is CCNC1CCN(c2ccc(C)c(N(C)C)c2)C(C)C1C. The average Bonchev–Trinajstić information content (AvgIpc) is 2.45. The lowest BCUT2D eigenvalue weighted by molar-refractivity contribution is 0.274. The topological polar surface area (TPSA) is 18.5 Å². The highest BCUT2D eigenvalue weighted by molar-refractivity contribution is 5.63. The normalized spacial score (nSPS) is 26.0. The monoisotopic (exact) mass is 289 g/mol. The number of anilines is 2. The zero-order valence-corrected chi connectivity index (χ0v) is 14.5. The van der Waals surface area contributed by atoms with E-state index in [1.165, 1.54) is 23.4 Å². The summed E-state index contributed by atoms with van der Waals surface area (Å²) in [5, 5.41) is 3.64. The number of benzene rings is 1. The van der Waals surface area contributed by atoms with Gasteiger partial charge in [0.1, 0.15) is 0 Å². The Hall–Kier alpha value is -1.22. The molecule has 1 aromatic carbocycles. The molecule has 3 atom stereocenters. The first-order chi connectivity index (χ1) is 9.95. The van der Waals surface area contributed by atoms with Gasteiger partial charge in [0, 0.05) is 44.1 Å². The molecular weight excluding hydrogens is 258 g/mol. The summed E-state index contributed by atoms with van der Waals surface area (Å²) in [7, 11) is 4.24. The zero-order chi connectivity index (χ0) is 15.6. The molecule has 3 heteroatoms. The van der Waals surface area contributed by atoms with Crippen LogP contribution in [0.15, 0.2) is 18.2 Å². The molecule has 2 rings (SSSR count). The first-order valence-electron chi connectivity index (χ1n) is 8.23. The van der Waals surface area contributed by atoms with Crippen LogP contribution >= 0.6 is 0 Å². The van der Waals surface area contributed by atoms with Crippen molar-refractivity contribution in [1.82, 2.24) is 5.32 Å². The van der Waals surface area contributed by atoms with Crippen molar-refractivity contribution in [3.05, 3.63) is 23.8 Å². The quantitative estimate of drug-likeness (QED) is 0.918. The van der Waals surface area contributed by atoms with Crippen molar-refractivity contribution < 1.29 is 0 Å². The van der Waals surface area contributed by atoms with E-state index in [1.54, 1.807) is 0 Å². The minimum absolute atomic E-state index is 0.570. The predicted molar refractivity (Wildman–Crippen MR) is 93.6 cm³/mol. The van der Waals surface area contributed by atoms with Gasteiger partial charge in [0.05, 0.1) is 0 Å². The molecule has 3 nitrogen and oxygen atoms in total. The van der Waals surface area contributed by atoms with Crippen molar-refractivity contribution >= 4 is 11.4 Å². The minimum atomic E-state index is 0.570. The number of hydrogen-bond donors (Lipinski definition) is 1. The van der Waals surface area contributed by atoms with E-state index in [-0.39, 0.29) is 0 Å². The maximum Gasteiger partial charge on any atom is 0.0411 e. The second-order valence-corrected chi connectivity index (χ2v) is 6.61. The van der Waals surface area contributed by atoms with Crippen LogP contribution in [0.5, 0.6) is 0 Å². The highest BCUT2D eigenvalue weighted by Crippen LogP contribution is 2.32. The van der Waals surface area contributed by atoms with Crippen LogP contribution in [0.25, 0.3) is 0 Å². The Morgan fingerprint density at radius 1 is 1.29 bits per heavy atom. The van der Waals surface area contributed by atoms with Gasteiger partial charge in [-0.25, -0.2) is 0 Å². The highest BCUT2D eigenvalue weighted by Gasteiger charge is 2.32. The summed E-state index contributed by atoms with van der Waals surface area (Å²) in [6, 6.07) is 8.09. The van der Waals surface area contributed by atoms with E-state index in [1.807, 2.05) is 0 Å². The van der Waals surface area contributed by atoms with Crippen LogP contribution in [0.3, 0.4) is 0 Å².